The van der Waals surface area contributed by atoms with Crippen molar-refractivity contribution in [3.8, 4) is 0 Å². The lowest BCUT2D eigenvalue weighted by Gasteiger charge is -2.11. The van der Waals surface area contributed by atoms with Crippen molar-refractivity contribution in [2.75, 3.05) is 14.1 Å². The van der Waals surface area contributed by atoms with Crippen LogP contribution in [-0.2, 0) is 0 Å². The van der Waals surface area contributed by atoms with Gasteiger partial charge in [-0.15, -0.1) is 0 Å². The van der Waals surface area contributed by atoms with Crippen molar-refractivity contribution in [3.05, 3.63) is 58.9 Å². The molecule has 0 radical (unpaired) electrons. The van der Waals surface area contributed by atoms with Gasteiger partial charge in [0.15, 0.2) is 5.78 Å². The van der Waals surface area contributed by atoms with Gasteiger partial charge in [0.25, 0.3) is 0 Å². The lowest BCUT2D eigenvalue weighted by molar-refractivity contribution is 0.105. The molecular formula is C14H13BrN2O2. The Morgan fingerprint density at radius 2 is 2.21 bits per heavy atom. The van der Waals surface area contributed by atoms with Crippen molar-refractivity contribution in [1.82, 2.24) is 9.88 Å². The van der Waals surface area contributed by atoms with Gasteiger partial charge in [-0.05, 0) is 34.1 Å². The number of rotatable bonds is 4. The minimum atomic E-state index is -0.123. The van der Waals surface area contributed by atoms with E-state index in [1.807, 2.05) is 31.1 Å². The van der Waals surface area contributed by atoms with Crippen LogP contribution in [-0.4, -0.2) is 29.8 Å². The van der Waals surface area contributed by atoms with Crippen LogP contribution in [0.25, 0.3) is 5.57 Å². The smallest absolute Gasteiger partial charge is 0.199 e. The Morgan fingerprint density at radius 1 is 1.42 bits per heavy atom. The summed E-state index contributed by atoms with van der Waals surface area (Å²) in [5, 5.41) is 0. The molecule has 0 atom stereocenters. The number of aromatic nitrogens is 1. The van der Waals surface area contributed by atoms with E-state index in [2.05, 4.69) is 20.9 Å². The quantitative estimate of drug-likeness (QED) is 0.641. The van der Waals surface area contributed by atoms with Gasteiger partial charge in [-0.1, -0.05) is 0 Å². The highest BCUT2D eigenvalue weighted by atomic mass is 79.9. The molecule has 0 fully saturated rings. The van der Waals surface area contributed by atoms with E-state index in [0.29, 0.717) is 16.8 Å². The van der Waals surface area contributed by atoms with E-state index in [9.17, 15) is 4.79 Å². The van der Waals surface area contributed by atoms with Crippen molar-refractivity contribution >= 4 is 27.3 Å². The van der Waals surface area contributed by atoms with Crippen LogP contribution >= 0.6 is 15.9 Å². The Bertz CT molecular complexity index is 604. The summed E-state index contributed by atoms with van der Waals surface area (Å²) in [4.78, 5) is 18.6. The van der Waals surface area contributed by atoms with Gasteiger partial charge in [0.05, 0.1) is 23.1 Å². The average molecular weight is 321 g/mol. The lowest BCUT2D eigenvalue weighted by Crippen LogP contribution is -2.10. The van der Waals surface area contributed by atoms with E-state index in [0.717, 1.165) is 4.47 Å². The van der Waals surface area contributed by atoms with E-state index >= 15 is 0 Å². The van der Waals surface area contributed by atoms with Crippen LogP contribution in [0.3, 0.4) is 0 Å². The molecule has 0 saturated heterocycles. The van der Waals surface area contributed by atoms with Gasteiger partial charge >= 0.3 is 0 Å². The molecule has 0 aromatic carbocycles. The first-order chi connectivity index (χ1) is 9.09. The molecule has 0 unspecified atom stereocenters. The molecule has 2 aromatic heterocycles. The molecule has 2 rings (SSSR count). The second-order valence-corrected chi connectivity index (χ2v) is 5.04. The monoisotopic (exact) mass is 320 g/mol. The summed E-state index contributed by atoms with van der Waals surface area (Å²) in [7, 11) is 3.72. The fourth-order valence-electron chi connectivity index (χ4n) is 1.62. The zero-order chi connectivity index (χ0) is 13.8. The largest absolute Gasteiger partial charge is 0.472 e. The fourth-order valence-corrected chi connectivity index (χ4v) is 2.09. The molecule has 19 heavy (non-hydrogen) atoms. The lowest BCUT2D eigenvalue weighted by atomic mass is 10.0. The van der Waals surface area contributed by atoms with E-state index in [1.165, 1.54) is 12.5 Å². The van der Waals surface area contributed by atoms with Crippen molar-refractivity contribution < 1.29 is 9.21 Å². The molecule has 0 amide bonds. The summed E-state index contributed by atoms with van der Waals surface area (Å²) < 4.78 is 5.74. The van der Waals surface area contributed by atoms with Gasteiger partial charge in [-0.25, -0.2) is 0 Å². The number of pyridine rings is 1. The van der Waals surface area contributed by atoms with Crippen molar-refractivity contribution in [2.45, 2.75) is 0 Å². The van der Waals surface area contributed by atoms with E-state index in [1.54, 1.807) is 18.5 Å². The van der Waals surface area contributed by atoms with Crippen LogP contribution in [0.5, 0.6) is 0 Å². The standard InChI is InChI=1S/C14H13BrN2O2/c1-17(2)8-11(13-12(15)4-3-6-16-13)14(18)10-5-7-19-9-10/h3-9H,1-2H3/b11-8-. The molecule has 0 N–H and O–H groups in total. The average Bonchev–Trinajstić information content (AvgIpc) is 2.90. The van der Waals surface area contributed by atoms with Crippen LogP contribution in [0.1, 0.15) is 16.1 Å². The maximum Gasteiger partial charge on any atom is 0.199 e. The molecule has 0 aliphatic carbocycles. The van der Waals surface area contributed by atoms with Gasteiger partial charge < -0.3 is 9.32 Å². The molecule has 0 aliphatic rings. The van der Waals surface area contributed by atoms with Gasteiger partial charge in [-0.2, -0.15) is 0 Å². The molecule has 98 valence electrons. The number of Topliss-reactive ketones (excluding diaryl/α,β-unsaturated/α-hetero) is 1. The van der Waals surface area contributed by atoms with Crippen LogP contribution in [0, 0.1) is 0 Å². The second kappa shape index (κ2) is 5.84. The third-order valence-electron chi connectivity index (χ3n) is 2.43. The predicted molar refractivity (Wildman–Crippen MR) is 76.6 cm³/mol. The SMILES string of the molecule is CN(C)/C=C(\C(=O)c1ccoc1)c1ncccc1Br. The van der Waals surface area contributed by atoms with E-state index in [4.69, 9.17) is 4.42 Å². The first kappa shape index (κ1) is 13.5. The van der Waals surface area contributed by atoms with E-state index in [-0.39, 0.29) is 5.78 Å². The summed E-state index contributed by atoms with van der Waals surface area (Å²) in [6.07, 6.45) is 6.32. The molecule has 0 bridgehead atoms. The number of carbonyl (C=O) groups excluding carboxylic acids is 1. The number of hydrogen-bond donors (Lipinski definition) is 0. The number of furan rings is 1. The minimum absolute atomic E-state index is 0.123. The molecular weight excluding hydrogens is 308 g/mol. The second-order valence-electron chi connectivity index (χ2n) is 4.18. The van der Waals surface area contributed by atoms with Crippen molar-refractivity contribution in [1.29, 1.82) is 0 Å². The Morgan fingerprint density at radius 3 is 2.79 bits per heavy atom. The first-order valence-corrected chi connectivity index (χ1v) is 6.45. The van der Waals surface area contributed by atoms with Crippen LogP contribution in [0.4, 0.5) is 0 Å². The zero-order valence-corrected chi connectivity index (χ0v) is 12.2. The Balaban J connectivity index is 2.49. The zero-order valence-electron chi connectivity index (χ0n) is 10.6. The maximum atomic E-state index is 12.5. The van der Waals surface area contributed by atoms with Gasteiger partial charge in [0, 0.05) is 31.0 Å². The summed E-state index contributed by atoms with van der Waals surface area (Å²) in [5.74, 6) is -0.123. The molecule has 2 aromatic rings. The normalized spacial score (nSPS) is 11.4. The predicted octanol–water partition coefficient (Wildman–Crippen LogP) is 3.22. The number of ketones is 1. The Labute approximate surface area is 119 Å². The summed E-state index contributed by atoms with van der Waals surface area (Å²) in [5.41, 5.74) is 1.63. The topological polar surface area (TPSA) is 46.3 Å². The number of allylic oxidation sites excluding steroid dienone is 1. The molecule has 5 heteroatoms. The van der Waals surface area contributed by atoms with Crippen LogP contribution < -0.4 is 0 Å². The number of nitrogens with zero attached hydrogens (tertiary/aromatic N) is 2. The van der Waals surface area contributed by atoms with Gasteiger partial charge in [0.1, 0.15) is 6.26 Å². The summed E-state index contributed by atoms with van der Waals surface area (Å²) in [6, 6.07) is 5.31. The number of carbonyl (C=O) groups is 1. The Hall–Kier alpha value is -1.88. The fraction of sp³-hybridized carbons (Fsp3) is 0.143. The minimum Gasteiger partial charge on any atom is -0.472 e. The molecule has 4 nitrogen and oxygen atoms in total. The van der Waals surface area contributed by atoms with Gasteiger partial charge in [0.2, 0.25) is 0 Å². The highest BCUT2D eigenvalue weighted by Gasteiger charge is 2.19. The van der Waals surface area contributed by atoms with Crippen molar-refractivity contribution in [2.24, 2.45) is 0 Å². The highest BCUT2D eigenvalue weighted by Crippen LogP contribution is 2.25. The summed E-state index contributed by atoms with van der Waals surface area (Å²) >= 11 is 3.42. The molecule has 2 heterocycles. The summed E-state index contributed by atoms with van der Waals surface area (Å²) in [6.45, 7) is 0. The number of halogens is 1. The third kappa shape index (κ3) is 3.12. The number of hydrogen-bond acceptors (Lipinski definition) is 4. The molecule has 0 spiro atoms. The molecule has 0 saturated carbocycles. The van der Waals surface area contributed by atoms with Crippen molar-refractivity contribution in [3.63, 3.8) is 0 Å². The van der Waals surface area contributed by atoms with E-state index < -0.39 is 0 Å². The maximum absolute atomic E-state index is 12.5. The van der Waals surface area contributed by atoms with Crippen LogP contribution in [0.15, 0.2) is 52.0 Å². The first-order valence-electron chi connectivity index (χ1n) is 5.65. The third-order valence-corrected chi connectivity index (χ3v) is 3.07. The molecule has 0 aliphatic heterocycles. The Kier molecular flexibility index (Phi) is 4.16. The van der Waals surface area contributed by atoms with Crippen LogP contribution in [0.2, 0.25) is 0 Å². The van der Waals surface area contributed by atoms with Gasteiger partial charge in [-0.3, -0.25) is 9.78 Å². The highest BCUT2D eigenvalue weighted by molar-refractivity contribution is 9.10.